The summed E-state index contributed by atoms with van der Waals surface area (Å²) in [7, 11) is 0. The third-order valence-corrected chi connectivity index (χ3v) is 6.64. The average Bonchev–Trinajstić information content (AvgIpc) is 3.21. The molecule has 1 fully saturated rings. The molecule has 0 radical (unpaired) electrons. The molecule has 2 bridgehead atoms. The van der Waals surface area contributed by atoms with E-state index in [4.69, 9.17) is 4.74 Å². The first-order valence-electron chi connectivity index (χ1n) is 9.95. The predicted octanol–water partition coefficient (Wildman–Crippen LogP) is 5.69. The zero-order valence-corrected chi connectivity index (χ0v) is 17.9. The van der Waals surface area contributed by atoms with Gasteiger partial charge in [-0.15, -0.1) is 11.3 Å². The van der Waals surface area contributed by atoms with Crippen molar-refractivity contribution >= 4 is 29.0 Å². The minimum Gasteiger partial charge on any atom is -0.467 e. The normalized spacial score (nSPS) is 22.5. The fraction of sp³-hybridized carbons (Fsp3) is 0.250. The molecule has 0 N–H and O–H groups in total. The first-order valence-corrected chi connectivity index (χ1v) is 10.8. The van der Waals surface area contributed by atoms with E-state index < -0.39 is 5.72 Å². The maximum atomic E-state index is 13.9. The molecule has 1 saturated heterocycles. The van der Waals surface area contributed by atoms with Crippen molar-refractivity contribution in [2.45, 2.75) is 39.0 Å². The number of carbonyl (C=O) groups is 2. The Kier molecular flexibility index (Phi) is 4.22. The van der Waals surface area contributed by atoms with Gasteiger partial charge in [-0.2, -0.15) is 0 Å². The van der Waals surface area contributed by atoms with Crippen molar-refractivity contribution in [1.29, 1.82) is 0 Å². The van der Waals surface area contributed by atoms with Gasteiger partial charge in [0.05, 0.1) is 10.9 Å². The SMILES string of the molecule is Cc1cc(C)cc(N2C(=O)N(C(=O)c3cccs3)[C@H]3C[C@@]2(C)Oc2ccccc23)c1. The summed E-state index contributed by atoms with van der Waals surface area (Å²) >= 11 is 1.35. The summed E-state index contributed by atoms with van der Waals surface area (Å²) in [4.78, 5) is 30.9. The molecule has 6 heteroatoms. The number of urea groups is 1. The standard InChI is InChI=1S/C24H22N2O3S/c1-15-11-16(2)13-17(12-15)26-23(28)25(22(27)21-9-6-10-30-21)19-14-24(26,3)29-20-8-5-4-7-18(19)20/h4-13,19H,14H2,1-3H3/t19-,24+/m0/s1. The Balaban J connectivity index is 1.70. The Morgan fingerprint density at radius 3 is 2.53 bits per heavy atom. The molecule has 3 amide bonds. The molecule has 1 aromatic heterocycles. The van der Waals surface area contributed by atoms with Crippen LogP contribution < -0.4 is 9.64 Å². The molecule has 3 aromatic rings. The van der Waals surface area contributed by atoms with Crippen molar-refractivity contribution < 1.29 is 14.3 Å². The smallest absolute Gasteiger partial charge is 0.335 e. The molecule has 2 aliphatic rings. The summed E-state index contributed by atoms with van der Waals surface area (Å²) in [6, 6.07) is 16.5. The summed E-state index contributed by atoms with van der Waals surface area (Å²) in [6.45, 7) is 5.93. The van der Waals surface area contributed by atoms with Crippen LogP contribution in [0, 0.1) is 13.8 Å². The van der Waals surface area contributed by atoms with Crippen molar-refractivity contribution in [3.8, 4) is 5.75 Å². The Hall–Kier alpha value is -3.12. The summed E-state index contributed by atoms with van der Waals surface area (Å²) in [6.07, 6.45) is 0.500. The number of thiophene rings is 1. The van der Waals surface area contributed by atoms with E-state index in [-0.39, 0.29) is 18.0 Å². The van der Waals surface area contributed by atoms with Gasteiger partial charge in [-0.3, -0.25) is 14.6 Å². The molecule has 30 heavy (non-hydrogen) atoms. The highest BCUT2D eigenvalue weighted by Gasteiger charge is 2.55. The summed E-state index contributed by atoms with van der Waals surface area (Å²) in [5.41, 5.74) is 2.82. The number of rotatable bonds is 2. The Morgan fingerprint density at radius 2 is 1.83 bits per heavy atom. The van der Waals surface area contributed by atoms with Crippen LogP contribution in [0.3, 0.4) is 0 Å². The molecule has 2 atom stereocenters. The lowest BCUT2D eigenvalue weighted by atomic mass is 9.88. The molecule has 0 unspecified atom stereocenters. The van der Waals surface area contributed by atoms with Crippen LogP contribution in [0.5, 0.6) is 5.75 Å². The number of para-hydroxylation sites is 1. The van der Waals surface area contributed by atoms with Crippen LogP contribution in [-0.2, 0) is 0 Å². The number of benzene rings is 2. The highest BCUT2D eigenvalue weighted by Crippen LogP contribution is 2.49. The molecule has 152 valence electrons. The quantitative estimate of drug-likeness (QED) is 0.537. The summed E-state index contributed by atoms with van der Waals surface area (Å²) < 4.78 is 6.40. The zero-order chi connectivity index (χ0) is 21.0. The number of imide groups is 1. The minimum absolute atomic E-state index is 0.270. The van der Waals surface area contributed by atoms with Gasteiger partial charge in [-0.05, 0) is 61.5 Å². The van der Waals surface area contributed by atoms with Gasteiger partial charge in [0.2, 0.25) is 0 Å². The molecule has 2 aromatic carbocycles. The van der Waals surface area contributed by atoms with Gasteiger partial charge in [-0.1, -0.05) is 30.3 Å². The maximum absolute atomic E-state index is 13.9. The van der Waals surface area contributed by atoms with Crippen LogP contribution in [-0.4, -0.2) is 22.6 Å². The number of fused-ring (bicyclic) bond motifs is 4. The number of hydrogen-bond acceptors (Lipinski definition) is 4. The number of anilines is 1. The second kappa shape index (κ2) is 6.71. The molecule has 3 heterocycles. The first-order chi connectivity index (χ1) is 14.4. The number of carbonyl (C=O) groups excluding carboxylic acids is 2. The number of ether oxygens (including phenoxy) is 1. The maximum Gasteiger partial charge on any atom is 0.335 e. The summed E-state index contributed by atoms with van der Waals surface area (Å²) in [5, 5.41) is 1.85. The van der Waals surface area contributed by atoms with Crippen LogP contribution in [0.25, 0.3) is 0 Å². The van der Waals surface area contributed by atoms with E-state index in [1.54, 1.807) is 11.0 Å². The van der Waals surface area contributed by atoms with E-state index in [0.29, 0.717) is 17.0 Å². The van der Waals surface area contributed by atoms with Crippen molar-refractivity contribution in [3.63, 3.8) is 0 Å². The lowest BCUT2D eigenvalue weighted by molar-refractivity contribution is 0.00283. The van der Waals surface area contributed by atoms with E-state index in [1.807, 2.05) is 68.6 Å². The van der Waals surface area contributed by atoms with Crippen LogP contribution in [0.4, 0.5) is 10.5 Å². The number of nitrogens with zero attached hydrogens (tertiary/aromatic N) is 2. The lowest BCUT2D eigenvalue weighted by Crippen LogP contribution is -2.67. The van der Waals surface area contributed by atoms with Crippen LogP contribution in [0.2, 0.25) is 0 Å². The van der Waals surface area contributed by atoms with Crippen molar-refractivity contribution in [1.82, 2.24) is 4.90 Å². The van der Waals surface area contributed by atoms with Gasteiger partial charge in [-0.25, -0.2) is 4.79 Å². The van der Waals surface area contributed by atoms with E-state index in [0.717, 1.165) is 22.4 Å². The Labute approximate surface area is 179 Å². The monoisotopic (exact) mass is 418 g/mol. The van der Waals surface area contributed by atoms with Crippen LogP contribution in [0.15, 0.2) is 60.0 Å². The second-order valence-corrected chi connectivity index (χ2v) is 9.10. The molecule has 0 aliphatic carbocycles. The number of amides is 3. The Morgan fingerprint density at radius 1 is 1.10 bits per heavy atom. The molecular formula is C24H22N2O3S. The molecular weight excluding hydrogens is 396 g/mol. The number of hydrogen-bond donors (Lipinski definition) is 0. The largest absolute Gasteiger partial charge is 0.467 e. The van der Waals surface area contributed by atoms with Gasteiger partial charge in [0.25, 0.3) is 5.91 Å². The minimum atomic E-state index is -0.886. The van der Waals surface area contributed by atoms with Crippen LogP contribution in [0.1, 0.15) is 45.7 Å². The predicted molar refractivity (Wildman–Crippen MR) is 117 cm³/mol. The Bertz CT molecular complexity index is 1140. The second-order valence-electron chi connectivity index (χ2n) is 8.15. The number of aryl methyl sites for hydroxylation is 2. The van der Waals surface area contributed by atoms with Crippen molar-refractivity contribution in [3.05, 3.63) is 81.5 Å². The fourth-order valence-corrected chi connectivity index (χ4v) is 5.28. The van der Waals surface area contributed by atoms with Gasteiger partial charge in [0, 0.05) is 17.7 Å². The van der Waals surface area contributed by atoms with E-state index >= 15 is 0 Å². The molecule has 0 spiro atoms. The van der Waals surface area contributed by atoms with Crippen LogP contribution >= 0.6 is 11.3 Å². The average molecular weight is 419 g/mol. The van der Waals surface area contributed by atoms with E-state index in [2.05, 4.69) is 6.07 Å². The van der Waals surface area contributed by atoms with Gasteiger partial charge in [0.1, 0.15) is 5.75 Å². The third kappa shape index (κ3) is 2.82. The summed E-state index contributed by atoms with van der Waals surface area (Å²) in [5.74, 6) is 0.440. The fourth-order valence-electron chi connectivity index (χ4n) is 4.62. The van der Waals surface area contributed by atoms with E-state index in [9.17, 15) is 9.59 Å². The third-order valence-electron chi connectivity index (χ3n) is 5.78. The van der Waals surface area contributed by atoms with Gasteiger partial charge >= 0.3 is 6.03 Å². The molecule has 5 nitrogen and oxygen atoms in total. The van der Waals surface area contributed by atoms with Crippen molar-refractivity contribution in [2.24, 2.45) is 0 Å². The van der Waals surface area contributed by atoms with Gasteiger partial charge < -0.3 is 4.74 Å². The van der Waals surface area contributed by atoms with E-state index in [1.165, 1.54) is 16.2 Å². The van der Waals surface area contributed by atoms with Crippen molar-refractivity contribution in [2.75, 3.05) is 4.90 Å². The molecule has 2 aliphatic heterocycles. The molecule has 5 rings (SSSR count). The lowest BCUT2D eigenvalue weighted by Gasteiger charge is -2.53. The van der Waals surface area contributed by atoms with Gasteiger partial charge in [0.15, 0.2) is 5.72 Å². The first kappa shape index (κ1) is 18.9. The topological polar surface area (TPSA) is 49.9 Å². The molecule has 0 saturated carbocycles. The highest BCUT2D eigenvalue weighted by molar-refractivity contribution is 7.12. The zero-order valence-electron chi connectivity index (χ0n) is 17.1. The highest BCUT2D eigenvalue weighted by atomic mass is 32.1.